The summed E-state index contributed by atoms with van der Waals surface area (Å²) in [4.78, 5) is 0. The summed E-state index contributed by atoms with van der Waals surface area (Å²) in [6, 6.07) is 52.8. The topological polar surface area (TPSA) is 13.1 Å². The van der Waals surface area contributed by atoms with Crippen molar-refractivity contribution in [1.82, 2.24) is 0 Å². The van der Waals surface area contributed by atoms with E-state index in [0.717, 1.165) is 21.9 Å². The minimum Gasteiger partial charge on any atom is -0.455 e. The van der Waals surface area contributed by atoms with Crippen molar-refractivity contribution in [2.45, 2.75) is 0 Å². The molecular formula is C42H24O. The van der Waals surface area contributed by atoms with Gasteiger partial charge in [0.05, 0.1) is 0 Å². The van der Waals surface area contributed by atoms with E-state index >= 15 is 0 Å². The van der Waals surface area contributed by atoms with E-state index in [-0.39, 0.29) is 0 Å². The van der Waals surface area contributed by atoms with E-state index < -0.39 is 0 Å². The van der Waals surface area contributed by atoms with Crippen molar-refractivity contribution in [1.29, 1.82) is 0 Å². The first-order valence-electron chi connectivity index (χ1n) is 14.9. The van der Waals surface area contributed by atoms with Crippen LogP contribution in [0.25, 0.3) is 98.1 Å². The van der Waals surface area contributed by atoms with Crippen LogP contribution in [0.5, 0.6) is 0 Å². The first-order valence-corrected chi connectivity index (χ1v) is 14.9. The Morgan fingerprint density at radius 1 is 0.302 bits per heavy atom. The molecule has 0 bridgehead atoms. The minimum atomic E-state index is 0.930. The van der Waals surface area contributed by atoms with Crippen molar-refractivity contribution in [3.8, 4) is 22.3 Å². The Labute approximate surface area is 247 Å². The van der Waals surface area contributed by atoms with Crippen LogP contribution in [-0.4, -0.2) is 0 Å². The standard InChI is InChI=1S/C42H24O/c1-3-12-26(13-4-1)36-29-17-9-10-18-30(29)37(27-14-5-2-6-15-27)41-34-23-24-35-39-31(21-22-33(38(34)39)40(36)41)32-20-19-25-11-7-8-16-28(25)42(32)43-35/h1-24H. The molecule has 0 saturated carbocycles. The first-order chi connectivity index (χ1) is 21.4. The third-order valence-electron chi connectivity index (χ3n) is 9.38. The van der Waals surface area contributed by atoms with Gasteiger partial charge in [-0.15, -0.1) is 0 Å². The second-order valence-corrected chi connectivity index (χ2v) is 11.6. The van der Waals surface area contributed by atoms with Crippen LogP contribution in [0.4, 0.5) is 0 Å². The maximum Gasteiger partial charge on any atom is 0.143 e. The molecular weight excluding hydrogens is 520 g/mol. The van der Waals surface area contributed by atoms with Crippen LogP contribution < -0.4 is 0 Å². The van der Waals surface area contributed by atoms with Crippen molar-refractivity contribution in [2.24, 2.45) is 0 Å². The number of rotatable bonds is 2. The lowest BCUT2D eigenvalue weighted by Gasteiger charge is -2.16. The summed E-state index contributed by atoms with van der Waals surface area (Å²) in [5.74, 6) is 0. The van der Waals surface area contributed by atoms with Gasteiger partial charge in [0, 0.05) is 21.5 Å². The molecule has 0 aliphatic heterocycles. The van der Waals surface area contributed by atoms with Crippen LogP contribution in [-0.2, 0) is 0 Å². The number of hydrogen-bond donors (Lipinski definition) is 0. The van der Waals surface area contributed by atoms with Gasteiger partial charge in [-0.25, -0.2) is 0 Å². The fourth-order valence-corrected chi connectivity index (χ4v) is 7.65. The summed E-state index contributed by atoms with van der Waals surface area (Å²) in [7, 11) is 0. The van der Waals surface area contributed by atoms with Gasteiger partial charge in [0.25, 0.3) is 0 Å². The van der Waals surface area contributed by atoms with E-state index in [1.807, 2.05) is 0 Å². The van der Waals surface area contributed by atoms with E-state index in [2.05, 4.69) is 146 Å². The highest BCUT2D eigenvalue weighted by atomic mass is 16.3. The highest BCUT2D eigenvalue weighted by Crippen LogP contribution is 2.53. The molecule has 198 valence electrons. The van der Waals surface area contributed by atoms with Gasteiger partial charge in [-0.2, -0.15) is 0 Å². The number of fused-ring (bicyclic) bond motifs is 8. The van der Waals surface area contributed by atoms with Crippen LogP contribution in [0, 0.1) is 0 Å². The summed E-state index contributed by atoms with van der Waals surface area (Å²) < 4.78 is 6.81. The zero-order valence-corrected chi connectivity index (χ0v) is 23.3. The first kappa shape index (κ1) is 23.0. The molecule has 0 atom stereocenters. The third-order valence-corrected chi connectivity index (χ3v) is 9.38. The van der Waals surface area contributed by atoms with Crippen LogP contribution in [0.1, 0.15) is 0 Å². The summed E-state index contributed by atoms with van der Waals surface area (Å²) in [6.45, 7) is 0. The highest BCUT2D eigenvalue weighted by molar-refractivity contribution is 6.43. The normalized spacial score (nSPS) is 12.2. The predicted octanol–water partition coefficient (Wildman–Crippen LogP) is 12.1. The molecule has 0 amide bonds. The van der Waals surface area contributed by atoms with Gasteiger partial charge in [-0.3, -0.25) is 0 Å². The zero-order chi connectivity index (χ0) is 28.1. The molecule has 0 fully saturated rings. The second-order valence-electron chi connectivity index (χ2n) is 11.6. The summed E-state index contributed by atoms with van der Waals surface area (Å²) in [5.41, 5.74) is 6.94. The Bertz CT molecular complexity index is 2600. The van der Waals surface area contributed by atoms with E-state index in [1.54, 1.807) is 0 Å². The molecule has 1 heterocycles. The molecule has 10 aromatic rings. The van der Waals surface area contributed by atoms with E-state index in [0.29, 0.717) is 0 Å². The summed E-state index contributed by atoms with van der Waals surface area (Å²) in [6.07, 6.45) is 0. The van der Waals surface area contributed by atoms with Crippen LogP contribution >= 0.6 is 0 Å². The van der Waals surface area contributed by atoms with Crippen molar-refractivity contribution < 1.29 is 4.42 Å². The molecule has 0 aliphatic carbocycles. The van der Waals surface area contributed by atoms with Gasteiger partial charge < -0.3 is 4.42 Å². The van der Waals surface area contributed by atoms with E-state index in [9.17, 15) is 0 Å². The van der Waals surface area contributed by atoms with Crippen molar-refractivity contribution in [3.05, 3.63) is 146 Å². The van der Waals surface area contributed by atoms with Crippen LogP contribution in [0.2, 0.25) is 0 Å². The number of benzene rings is 8. The molecule has 0 aliphatic rings. The van der Waals surface area contributed by atoms with E-state index in [1.165, 1.54) is 76.1 Å². The molecule has 0 saturated heterocycles. The van der Waals surface area contributed by atoms with Gasteiger partial charge in [-0.1, -0.05) is 127 Å². The average molecular weight is 545 g/mol. The maximum atomic E-state index is 6.81. The molecule has 10 rings (SSSR count). The molecule has 1 aromatic heterocycles. The largest absolute Gasteiger partial charge is 0.455 e. The zero-order valence-electron chi connectivity index (χ0n) is 23.3. The lowest BCUT2D eigenvalue weighted by Crippen LogP contribution is -1.89. The molecule has 0 spiro atoms. The predicted molar refractivity (Wildman–Crippen MR) is 183 cm³/mol. The average Bonchev–Trinajstić information content (AvgIpc) is 3.41. The van der Waals surface area contributed by atoms with Crippen molar-refractivity contribution >= 4 is 75.8 Å². The molecule has 43 heavy (non-hydrogen) atoms. The Kier molecular flexibility index (Phi) is 4.51. The SMILES string of the molecule is c1ccc(-c2c3ccccc3c(-c3ccccc3)c3c4ccc5c6ccc7ccccc7c6oc6ccc(c23)c4c65)cc1. The van der Waals surface area contributed by atoms with Gasteiger partial charge in [-0.05, 0) is 83.5 Å². The van der Waals surface area contributed by atoms with Crippen molar-refractivity contribution in [2.75, 3.05) is 0 Å². The van der Waals surface area contributed by atoms with Gasteiger partial charge >= 0.3 is 0 Å². The van der Waals surface area contributed by atoms with Crippen molar-refractivity contribution in [3.63, 3.8) is 0 Å². The van der Waals surface area contributed by atoms with Crippen LogP contribution in [0.3, 0.4) is 0 Å². The highest BCUT2D eigenvalue weighted by Gasteiger charge is 2.25. The molecule has 0 radical (unpaired) electrons. The lowest BCUT2D eigenvalue weighted by atomic mass is 9.86. The molecule has 1 nitrogen and oxygen atoms in total. The molecule has 1 heteroatoms. The Morgan fingerprint density at radius 3 is 1.47 bits per heavy atom. The Morgan fingerprint density at radius 2 is 0.814 bits per heavy atom. The minimum absolute atomic E-state index is 0.930. The van der Waals surface area contributed by atoms with E-state index in [4.69, 9.17) is 4.42 Å². The monoisotopic (exact) mass is 544 g/mol. The fourth-order valence-electron chi connectivity index (χ4n) is 7.65. The Hall–Kier alpha value is -5.66. The smallest absolute Gasteiger partial charge is 0.143 e. The van der Waals surface area contributed by atoms with Gasteiger partial charge in [0.15, 0.2) is 0 Å². The lowest BCUT2D eigenvalue weighted by molar-refractivity contribution is 0.666. The molecule has 0 N–H and O–H groups in total. The van der Waals surface area contributed by atoms with Crippen LogP contribution in [0.15, 0.2) is 150 Å². The van der Waals surface area contributed by atoms with Gasteiger partial charge in [0.2, 0.25) is 0 Å². The fraction of sp³-hybridized carbons (Fsp3) is 0. The molecule has 0 unspecified atom stereocenters. The summed E-state index contributed by atoms with van der Waals surface area (Å²) in [5, 5.41) is 15.0. The summed E-state index contributed by atoms with van der Waals surface area (Å²) >= 11 is 0. The third kappa shape index (κ3) is 3.01. The second kappa shape index (κ2) is 8.44. The Balaban J connectivity index is 1.49. The van der Waals surface area contributed by atoms with Gasteiger partial charge in [0.1, 0.15) is 11.2 Å². The quantitative estimate of drug-likeness (QED) is 0.156. The number of hydrogen-bond acceptors (Lipinski definition) is 1. The maximum absolute atomic E-state index is 6.81. The molecule has 9 aromatic carbocycles.